The molecule has 1 heteroatoms. The number of nitriles is 1. The van der Waals surface area contributed by atoms with Gasteiger partial charge in [0.05, 0.1) is 6.07 Å². The summed E-state index contributed by atoms with van der Waals surface area (Å²) in [7, 11) is 0. The van der Waals surface area contributed by atoms with Crippen molar-refractivity contribution in [3.05, 3.63) is 18.6 Å². The van der Waals surface area contributed by atoms with Crippen LogP contribution in [0.4, 0.5) is 0 Å². The van der Waals surface area contributed by atoms with Crippen LogP contribution in [-0.2, 0) is 0 Å². The van der Waals surface area contributed by atoms with E-state index in [1.807, 2.05) is 0 Å². The minimum atomic E-state index is 0.677. The van der Waals surface area contributed by atoms with Crippen molar-refractivity contribution in [2.75, 3.05) is 0 Å². The highest BCUT2D eigenvalue weighted by atomic mass is 14.2. The lowest BCUT2D eigenvalue weighted by Crippen LogP contribution is -1.72. The Morgan fingerprint density at radius 1 is 1.50 bits per heavy atom. The first kappa shape index (κ1) is 9.23. The van der Waals surface area contributed by atoms with Crippen LogP contribution in [0.25, 0.3) is 0 Å². The largest absolute Gasteiger partial charge is 0.198 e. The summed E-state index contributed by atoms with van der Waals surface area (Å²) in [5, 5.41) is 8.19. The monoisotopic (exact) mass is 136 g/mol. The molecule has 0 saturated carbocycles. The van der Waals surface area contributed by atoms with E-state index in [-0.39, 0.29) is 0 Å². The Kier molecular flexibility index (Phi) is 7.60. The van der Waals surface area contributed by atoms with Crippen LogP contribution < -0.4 is 0 Å². The standard InChI is InChI=1S/C9H14N/c1-2-3-4-5-6-7-8-9-10/h3-5H,2,6-8H2,1H3. The minimum absolute atomic E-state index is 0.677. The lowest BCUT2D eigenvalue weighted by molar-refractivity contribution is 0.850. The highest BCUT2D eigenvalue weighted by Gasteiger charge is 1.83. The molecule has 0 aromatic carbocycles. The minimum Gasteiger partial charge on any atom is -0.198 e. The average Bonchev–Trinajstić information content (AvgIpc) is 1.97. The zero-order chi connectivity index (χ0) is 7.66. The molecule has 0 aliphatic carbocycles. The Morgan fingerprint density at radius 2 is 2.30 bits per heavy atom. The van der Waals surface area contributed by atoms with Crippen LogP contribution in [0.2, 0.25) is 0 Å². The molecule has 0 aromatic heterocycles. The molecule has 0 spiro atoms. The van der Waals surface area contributed by atoms with Crippen molar-refractivity contribution in [1.82, 2.24) is 0 Å². The third-order valence-corrected chi connectivity index (χ3v) is 1.17. The molecule has 0 atom stereocenters. The molecule has 0 fully saturated rings. The predicted octanol–water partition coefficient (Wildman–Crippen LogP) is 2.85. The molecule has 0 bridgehead atoms. The van der Waals surface area contributed by atoms with Gasteiger partial charge in [-0.3, -0.25) is 0 Å². The molecule has 1 radical (unpaired) electrons. The average molecular weight is 136 g/mol. The third kappa shape index (κ3) is 7.23. The number of hydrogen-bond acceptors (Lipinski definition) is 1. The van der Waals surface area contributed by atoms with Crippen molar-refractivity contribution < 1.29 is 0 Å². The number of hydrogen-bond donors (Lipinski definition) is 0. The second-order valence-corrected chi connectivity index (χ2v) is 2.12. The van der Waals surface area contributed by atoms with Crippen LogP contribution in [0.3, 0.4) is 0 Å². The quantitative estimate of drug-likeness (QED) is 0.533. The fourth-order valence-electron chi connectivity index (χ4n) is 0.628. The summed E-state index contributed by atoms with van der Waals surface area (Å²) in [6.45, 7) is 2.11. The van der Waals surface area contributed by atoms with E-state index in [9.17, 15) is 0 Å². The van der Waals surface area contributed by atoms with E-state index < -0.39 is 0 Å². The number of allylic oxidation sites excluding steroid dienone is 2. The Morgan fingerprint density at radius 3 is 2.90 bits per heavy atom. The van der Waals surface area contributed by atoms with Gasteiger partial charge in [0.1, 0.15) is 0 Å². The van der Waals surface area contributed by atoms with E-state index in [1.54, 1.807) is 0 Å². The normalized spacial score (nSPS) is 10.0. The highest BCUT2D eigenvalue weighted by molar-refractivity contribution is 4.93. The SMILES string of the molecule is CCC=C[CH]CCCC#N. The van der Waals surface area contributed by atoms with Crippen molar-refractivity contribution in [1.29, 1.82) is 5.26 Å². The van der Waals surface area contributed by atoms with Crippen LogP contribution in [0.15, 0.2) is 12.2 Å². The van der Waals surface area contributed by atoms with Gasteiger partial charge in [0.2, 0.25) is 0 Å². The van der Waals surface area contributed by atoms with Gasteiger partial charge in [0.15, 0.2) is 0 Å². The Bertz CT molecular complexity index is 119. The molecule has 0 aliphatic heterocycles. The molecule has 10 heavy (non-hydrogen) atoms. The predicted molar refractivity (Wildman–Crippen MR) is 43.2 cm³/mol. The number of nitrogens with zero attached hydrogens (tertiary/aromatic N) is 1. The first-order valence-corrected chi connectivity index (χ1v) is 3.77. The fraction of sp³-hybridized carbons (Fsp3) is 0.556. The van der Waals surface area contributed by atoms with E-state index in [0.717, 1.165) is 19.3 Å². The Balaban J connectivity index is 2.92. The molecule has 0 unspecified atom stereocenters. The lowest BCUT2D eigenvalue weighted by atomic mass is 10.2. The van der Waals surface area contributed by atoms with Crippen LogP contribution in [0, 0.1) is 17.8 Å². The van der Waals surface area contributed by atoms with Gasteiger partial charge in [-0.25, -0.2) is 0 Å². The van der Waals surface area contributed by atoms with E-state index in [0.29, 0.717) is 6.42 Å². The van der Waals surface area contributed by atoms with Gasteiger partial charge in [0, 0.05) is 6.42 Å². The molecular weight excluding hydrogens is 122 g/mol. The molecule has 0 saturated heterocycles. The van der Waals surface area contributed by atoms with Crippen LogP contribution >= 0.6 is 0 Å². The second kappa shape index (κ2) is 8.23. The summed E-state index contributed by atoms with van der Waals surface area (Å²) in [6.07, 6.45) is 10.1. The van der Waals surface area contributed by atoms with Crippen molar-refractivity contribution in [2.45, 2.75) is 32.6 Å². The zero-order valence-corrected chi connectivity index (χ0v) is 6.51. The van der Waals surface area contributed by atoms with E-state index >= 15 is 0 Å². The topological polar surface area (TPSA) is 23.8 Å². The fourth-order valence-corrected chi connectivity index (χ4v) is 0.628. The molecule has 1 nitrogen and oxygen atoms in total. The number of rotatable bonds is 5. The maximum absolute atomic E-state index is 8.19. The van der Waals surface area contributed by atoms with Crippen molar-refractivity contribution in [3.63, 3.8) is 0 Å². The molecular formula is C9H14N. The van der Waals surface area contributed by atoms with Gasteiger partial charge in [-0.15, -0.1) is 0 Å². The highest BCUT2D eigenvalue weighted by Crippen LogP contribution is 1.98. The summed E-state index contributed by atoms with van der Waals surface area (Å²) >= 11 is 0. The van der Waals surface area contributed by atoms with E-state index in [1.165, 1.54) is 0 Å². The van der Waals surface area contributed by atoms with Crippen LogP contribution in [0.1, 0.15) is 32.6 Å². The lowest BCUT2D eigenvalue weighted by Gasteiger charge is -1.88. The summed E-state index contributed by atoms with van der Waals surface area (Å²) < 4.78 is 0. The first-order valence-electron chi connectivity index (χ1n) is 3.77. The van der Waals surface area contributed by atoms with Crippen molar-refractivity contribution in [3.8, 4) is 6.07 Å². The van der Waals surface area contributed by atoms with Gasteiger partial charge in [0.25, 0.3) is 0 Å². The molecule has 0 rings (SSSR count). The van der Waals surface area contributed by atoms with Crippen molar-refractivity contribution in [2.24, 2.45) is 0 Å². The first-order chi connectivity index (χ1) is 4.91. The second-order valence-electron chi connectivity index (χ2n) is 2.12. The number of unbranched alkanes of at least 4 members (excludes halogenated alkanes) is 3. The van der Waals surface area contributed by atoms with Gasteiger partial charge >= 0.3 is 0 Å². The van der Waals surface area contributed by atoms with Gasteiger partial charge in [-0.1, -0.05) is 19.1 Å². The molecule has 55 valence electrons. The maximum atomic E-state index is 8.19. The maximum Gasteiger partial charge on any atom is 0.0621 e. The van der Waals surface area contributed by atoms with Gasteiger partial charge in [-0.05, 0) is 25.7 Å². The smallest absolute Gasteiger partial charge is 0.0621 e. The third-order valence-electron chi connectivity index (χ3n) is 1.17. The van der Waals surface area contributed by atoms with Crippen molar-refractivity contribution >= 4 is 0 Å². The molecule has 0 amide bonds. The molecule has 0 aliphatic rings. The van der Waals surface area contributed by atoms with Gasteiger partial charge < -0.3 is 0 Å². The summed E-state index contributed by atoms with van der Waals surface area (Å²) in [5.41, 5.74) is 0. The van der Waals surface area contributed by atoms with Crippen LogP contribution in [-0.4, -0.2) is 0 Å². The summed E-state index contributed by atoms with van der Waals surface area (Å²) in [4.78, 5) is 0. The zero-order valence-electron chi connectivity index (χ0n) is 6.51. The van der Waals surface area contributed by atoms with E-state index in [4.69, 9.17) is 5.26 Å². The Labute approximate surface area is 63.4 Å². The molecule has 0 heterocycles. The van der Waals surface area contributed by atoms with E-state index in [2.05, 4.69) is 31.6 Å². The Hall–Kier alpha value is -0.770. The molecule has 0 N–H and O–H groups in total. The van der Waals surface area contributed by atoms with Gasteiger partial charge in [-0.2, -0.15) is 5.26 Å². The van der Waals surface area contributed by atoms with Crippen LogP contribution in [0.5, 0.6) is 0 Å². The summed E-state index contributed by atoms with van der Waals surface area (Å²) in [5.74, 6) is 0. The molecule has 0 aromatic rings. The summed E-state index contributed by atoms with van der Waals surface area (Å²) in [6, 6.07) is 2.11.